The van der Waals surface area contributed by atoms with E-state index < -0.39 is 30.5 Å². The molecule has 0 spiro atoms. The van der Waals surface area contributed by atoms with E-state index in [1.165, 1.54) is 36.7 Å². The zero-order valence-electron chi connectivity index (χ0n) is 11.7. The molecule has 0 aliphatic carbocycles. The van der Waals surface area contributed by atoms with Gasteiger partial charge in [-0.1, -0.05) is 12.1 Å². The topological polar surface area (TPSA) is 38.3 Å². The van der Waals surface area contributed by atoms with Gasteiger partial charge in [0.1, 0.15) is 5.75 Å². The summed E-state index contributed by atoms with van der Waals surface area (Å²) in [4.78, 5) is 11.0. The van der Waals surface area contributed by atoms with E-state index in [-0.39, 0.29) is 6.42 Å². The van der Waals surface area contributed by atoms with E-state index in [9.17, 15) is 35.5 Å². The van der Waals surface area contributed by atoms with Crippen LogP contribution in [0.4, 0.5) is 30.7 Å². The van der Waals surface area contributed by atoms with Crippen LogP contribution in [0.3, 0.4) is 0 Å². The number of carbonyl (C=O) groups excluding carboxylic acids is 1. The zero-order chi connectivity index (χ0) is 17.9. The monoisotopic (exact) mass is 347 g/mol. The van der Waals surface area contributed by atoms with E-state index in [2.05, 4.69) is 0 Å². The number of methoxy groups -OCH3 is 1. The molecule has 0 aromatic heterocycles. The molecule has 0 unspecified atom stereocenters. The van der Waals surface area contributed by atoms with Crippen LogP contribution in [0.2, 0.25) is 0 Å². The normalized spacial score (nSPS) is 12.9. The molecule has 0 heterocycles. The van der Waals surface area contributed by atoms with Crippen LogP contribution in [-0.2, 0) is 11.2 Å². The van der Waals surface area contributed by atoms with Crippen molar-refractivity contribution < 1.29 is 40.3 Å². The predicted molar refractivity (Wildman–Crippen MR) is 65.7 cm³/mol. The Kier molecular flexibility index (Phi) is 5.49. The fraction of sp³-hybridized carbons (Fsp3) is 0.462. The van der Waals surface area contributed by atoms with E-state index in [4.69, 9.17) is 4.74 Å². The number of carbonyl (C=O) groups is 1. The third-order valence-corrected chi connectivity index (χ3v) is 2.89. The molecule has 0 saturated heterocycles. The number of hydrogen-bond donors (Lipinski definition) is 1. The molecule has 0 radical (unpaired) electrons. The lowest BCUT2D eigenvalue weighted by Crippen LogP contribution is -2.59. The first-order valence-electron chi connectivity index (χ1n) is 6.17. The standard InChI is InChI=1S/C13H12F7NO2/c1-23-9-4-2-8(3-5-9)6-7-21-10(22)11(14,15)12(16,17)13(18,19)20/h2-5H,6-7H2,1H3,(H,21,22). The molecular weight excluding hydrogens is 335 g/mol. The van der Waals surface area contributed by atoms with Crippen LogP contribution < -0.4 is 10.1 Å². The molecule has 0 aliphatic heterocycles. The Morgan fingerprint density at radius 3 is 2.00 bits per heavy atom. The fourth-order valence-corrected chi connectivity index (χ4v) is 1.54. The van der Waals surface area contributed by atoms with Gasteiger partial charge >= 0.3 is 18.0 Å². The third kappa shape index (κ3) is 4.05. The molecule has 23 heavy (non-hydrogen) atoms. The smallest absolute Gasteiger partial charge is 0.460 e. The number of amides is 1. The lowest BCUT2D eigenvalue weighted by atomic mass is 10.1. The second-order valence-electron chi connectivity index (χ2n) is 4.50. The Morgan fingerprint density at radius 2 is 1.57 bits per heavy atom. The fourth-order valence-electron chi connectivity index (χ4n) is 1.54. The van der Waals surface area contributed by atoms with Gasteiger partial charge in [-0.3, -0.25) is 4.79 Å². The minimum absolute atomic E-state index is 0.0383. The minimum atomic E-state index is -6.54. The maximum Gasteiger partial charge on any atom is 0.460 e. The summed E-state index contributed by atoms with van der Waals surface area (Å²) in [6.45, 7) is -0.533. The van der Waals surface area contributed by atoms with Gasteiger partial charge in [0.15, 0.2) is 0 Å². The van der Waals surface area contributed by atoms with E-state index >= 15 is 0 Å². The van der Waals surface area contributed by atoms with Gasteiger partial charge in [-0.15, -0.1) is 0 Å². The Morgan fingerprint density at radius 1 is 1.04 bits per heavy atom. The summed E-state index contributed by atoms with van der Waals surface area (Å²) in [5.41, 5.74) is 0.539. The van der Waals surface area contributed by atoms with Gasteiger partial charge in [-0.2, -0.15) is 30.7 Å². The summed E-state index contributed by atoms with van der Waals surface area (Å²) in [7, 11) is 1.41. The van der Waals surface area contributed by atoms with Crippen molar-refractivity contribution in [1.29, 1.82) is 0 Å². The number of rotatable bonds is 6. The van der Waals surface area contributed by atoms with Crippen molar-refractivity contribution in [3.8, 4) is 5.75 Å². The van der Waals surface area contributed by atoms with Crippen molar-refractivity contribution in [2.24, 2.45) is 0 Å². The first-order chi connectivity index (χ1) is 10.4. The Bertz CT molecular complexity index is 540. The van der Waals surface area contributed by atoms with Crippen molar-refractivity contribution in [3.63, 3.8) is 0 Å². The van der Waals surface area contributed by atoms with Crippen molar-refractivity contribution in [1.82, 2.24) is 5.32 Å². The first-order valence-corrected chi connectivity index (χ1v) is 6.17. The van der Waals surface area contributed by atoms with Crippen LogP contribution in [0.1, 0.15) is 5.56 Å². The minimum Gasteiger partial charge on any atom is -0.497 e. The Labute approximate surface area is 126 Å². The van der Waals surface area contributed by atoms with E-state index in [1.807, 2.05) is 0 Å². The van der Waals surface area contributed by atoms with Gasteiger partial charge in [0.2, 0.25) is 0 Å². The van der Waals surface area contributed by atoms with E-state index in [1.54, 1.807) is 0 Å². The molecule has 0 saturated carbocycles. The molecule has 0 aliphatic rings. The van der Waals surface area contributed by atoms with Crippen molar-refractivity contribution in [2.45, 2.75) is 24.4 Å². The number of hydrogen-bond acceptors (Lipinski definition) is 2. The number of benzene rings is 1. The lowest BCUT2D eigenvalue weighted by molar-refractivity contribution is -0.344. The van der Waals surface area contributed by atoms with Gasteiger partial charge in [-0.05, 0) is 24.1 Å². The summed E-state index contributed by atoms with van der Waals surface area (Å²) < 4.78 is 92.0. The van der Waals surface area contributed by atoms with Crippen LogP contribution in [0, 0.1) is 0 Å². The maximum atomic E-state index is 13.0. The number of halogens is 7. The Hall–Kier alpha value is -2.00. The molecule has 0 atom stereocenters. The van der Waals surface area contributed by atoms with Gasteiger partial charge in [0.25, 0.3) is 5.91 Å². The maximum absolute atomic E-state index is 13.0. The highest BCUT2D eigenvalue weighted by Crippen LogP contribution is 2.46. The summed E-state index contributed by atoms with van der Waals surface area (Å²) in [6, 6.07) is 6.11. The molecule has 1 aromatic rings. The van der Waals surface area contributed by atoms with Crippen LogP contribution in [0.15, 0.2) is 24.3 Å². The van der Waals surface area contributed by atoms with E-state index in [0.29, 0.717) is 11.3 Å². The zero-order valence-corrected chi connectivity index (χ0v) is 11.7. The van der Waals surface area contributed by atoms with E-state index in [0.717, 1.165) is 0 Å². The average molecular weight is 347 g/mol. The van der Waals surface area contributed by atoms with Crippen molar-refractivity contribution in [3.05, 3.63) is 29.8 Å². The summed E-state index contributed by atoms with van der Waals surface area (Å²) in [5.74, 6) is -14.5. The molecule has 0 bridgehead atoms. The summed E-state index contributed by atoms with van der Waals surface area (Å²) in [5, 5.41) is 1.38. The highest BCUT2D eigenvalue weighted by molar-refractivity contribution is 5.84. The Balaban J connectivity index is 2.64. The van der Waals surface area contributed by atoms with Gasteiger partial charge in [-0.25, -0.2) is 0 Å². The summed E-state index contributed by atoms with van der Waals surface area (Å²) in [6.07, 6.45) is -6.58. The van der Waals surface area contributed by atoms with Gasteiger partial charge < -0.3 is 10.1 Å². The molecule has 1 amide bonds. The predicted octanol–water partition coefficient (Wildman–Crippen LogP) is 3.19. The molecule has 1 rings (SSSR count). The largest absolute Gasteiger partial charge is 0.497 e. The van der Waals surface area contributed by atoms with Crippen LogP contribution in [0.5, 0.6) is 5.75 Å². The highest BCUT2D eigenvalue weighted by atomic mass is 19.4. The molecule has 130 valence electrons. The SMILES string of the molecule is COc1ccc(CCNC(=O)C(F)(F)C(F)(F)C(F)(F)F)cc1. The quantitative estimate of drug-likeness (QED) is 0.803. The number of ether oxygens (including phenoxy) is 1. The van der Waals surface area contributed by atoms with Crippen LogP contribution in [0.25, 0.3) is 0 Å². The van der Waals surface area contributed by atoms with Gasteiger partial charge in [0, 0.05) is 6.54 Å². The average Bonchev–Trinajstić information content (AvgIpc) is 2.46. The van der Waals surface area contributed by atoms with Crippen molar-refractivity contribution in [2.75, 3.05) is 13.7 Å². The molecule has 1 aromatic carbocycles. The third-order valence-electron chi connectivity index (χ3n) is 2.89. The highest BCUT2D eigenvalue weighted by Gasteiger charge is 2.76. The second kappa shape index (κ2) is 6.63. The molecular formula is C13H12F7NO2. The number of nitrogens with one attached hydrogen (secondary N) is 1. The molecule has 0 fully saturated rings. The molecule has 3 nitrogen and oxygen atoms in total. The molecule has 10 heteroatoms. The second-order valence-corrected chi connectivity index (χ2v) is 4.50. The number of alkyl halides is 7. The van der Waals surface area contributed by atoms with Crippen molar-refractivity contribution >= 4 is 5.91 Å². The summed E-state index contributed by atoms with van der Waals surface area (Å²) >= 11 is 0. The van der Waals surface area contributed by atoms with Crippen LogP contribution in [-0.4, -0.2) is 37.6 Å². The lowest BCUT2D eigenvalue weighted by Gasteiger charge is -2.27. The molecule has 1 N–H and O–H groups in total. The van der Waals surface area contributed by atoms with Gasteiger partial charge in [0.05, 0.1) is 7.11 Å². The first kappa shape index (κ1) is 19.0. The van der Waals surface area contributed by atoms with Crippen LogP contribution >= 0.6 is 0 Å².